The van der Waals surface area contributed by atoms with Crippen LogP contribution in [0.2, 0.25) is 0 Å². The molecular formula is C22H20N2O4S. The molecule has 29 heavy (non-hydrogen) atoms. The molecule has 0 saturated carbocycles. The van der Waals surface area contributed by atoms with Crippen LogP contribution in [0.1, 0.15) is 5.56 Å². The highest BCUT2D eigenvalue weighted by Crippen LogP contribution is 2.22. The van der Waals surface area contributed by atoms with Crippen LogP contribution in [-0.4, -0.2) is 21.4 Å². The summed E-state index contributed by atoms with van der Waals surface area (Å²) < 4.78 is 31.5. The van der Waals surface area contributed by atoms with Crippen molar-refractivity contribution in [3.63, 3.8) is 0 Å². The van der Waals surface area contributed by atoms with Crippen LogP contribution in [0.4, 0.5) is 5.69 Å². The van der Waals surface area contributed by atoms with Gasteiger partial charge in [0.2, 0.25) is 15.9 Å². The number of anilines is 1. The first kappa shape index (κ1) is 20.3. The van der Waals surface area contributed by atoms with Gasteiger partial charge in [0.15, 0.2) is 0 Å². The Labute approximate surface area is 169 Å². The fourth-order valence-electron chi connectivity index (χ4n) is 2.50. The second-order valence-corrected chi connectivity index (χ2v) is 7.93. The Morgan fingerprint density at radius 2 is 1.59 bits per heavy atom. The molecule has 0 saturated heterocycles. The Balaban J connectivity index is 1.63. The first-order valence-electron chi connectivity index (χ1n) is 8.82. The first-order chi connectivity index (χ1) is 14.0. The number of ether oxygens (including phenoxy) is 1. The zero-order valence-corrected chi connectivity index (χ0v) is 16.5. The molecule has 0 aliphatic rings. The number of carbonyl (C=O) groups is 1. The number of para-hydroxylation sites is 1. The van der Waals surface area contributed by atoms with E-state index in [2.05, 4.69) is 10.0 Å². The van der Waals surface area contributed by atoms with Crippen LogP contribution in [0.3, 0.4) is 0 Å². The van der Waals surface area contributed by atoms with Gasteiger partial charge in [-0.25, -0.2) is 13.1 Å². The third-order valence-electron chi connectivity index (χ3n) is 3.97. The molecule has 0 heterocycles. The van der Waals surface area contributed by atoms with Crippen LogP contribution >= 0.6 is 0 Å². The summed E-state index contributed by atoms with van der Waals surface area (Å²) in [5, 5.41) is 2.69. The first-order valence-corrected chi connectivity index (χ1v) is 10.3. The van der Waals surface area contributed by atoms with Crippen molar-refractivity contribution >= 4 is 27.7 Å². The van der Waals surface area contributed by atoms with Crippen molar-refractivity contribution in [2.45, 2.75) is 4.90 Å². The molecule has 0 spiro atoms. The number of benzene rings is 3. The zero-order chi connectivity index (χ0) is 20.7. The van der Waals surface area contributed by atoms with E-state index in [0.717, 1.165) is 11.3 Å². The largest absolute Gasteiger partial charge is 0.457 e. The van der Waals surface area contributed by atoms with Crippen molar-refractivity contribution in [2.24, 2.45) is 0 Å². The molecule has 7 heteroatoms. The average molecular weight is 408 g/mol. The lowest BCUT2D eigenvalue weighted by atomic mass is 10.2. The maximum absolute atomic E-state index is 12.1. The highest BCUT2D eigenvalue weighted by atomic mass is 32.2. The summed E-state index contributed by atoms with van der Waals surface area (Å²) in [6.07, 6.45) is 3.08. The Bertz CT molecular complexity index is 1110. The lowest BCUT2D eigenvalue weighted by molar-refractivity contribution is -0.111. The standard InChI is InChI=1S/C22H20N2O4S/c1-23-29(26,27)21-13-11-18(12-14-21)24-22(25)15-10-17-6-5-9-20(16-17)28-19-7-3-2-4-8-19/h2-16,23H,1H3,(H,24,25)/b15-10+. The van der Waals surface area contributed by atoms with E-state index >= 15 is 0 Å². The number of amides is 1. The van der Waals surface area contributed by atoms with Gasteiger partial charge in [0, 0.05) is 11.8 Å². The fraction of sp³-hybridized carbons (Fsp3) is 0.0455. The Morgan fingerprint density at radius 3 is 2.28 bits per heavy atom. The van der Waals surface area contributed by atoms with Gasteiger partial charge in [-0.1, -0.05) is 30.3 Å². The molecule has 0 atom stereocenters. The minimum absolute atomic E-state index is 0.128. The van der Waals surface area contributed by atoms with Crippen molar-refractivity contribution in [2.75, 3.05) is 12.4 Å². The van der Waals surface area contributed by atoms with Crippen molar-refractivity contribution in [1.29, 1.82) is 0 Å². The van der Waals surface area contributed by atoms with Gasteiger partial charge in [-0.15, -0.1) is 0 Å². The van der Waals surface area contributed by atoms with E-state index in [1.54, 1.807) is 6.08 Å². The smallest absolute Gasteiger partial charge is 0.248 e. The molecule has 0 aliphatic heterocycles. The summed E-state index contributed by atoms with van der Waals surface area (Å²) in [7, 11) is -2.16. The number of nitrogens with one attached hydrogen (secondary N) is 2. The van der Waals surface area contributed by atoms with Gasteiger partial charge < -0.3 is 10.1 Å². The van der Waals surface area contributed by atoms with E-state index < -0.39 is 10.0 Å². The van der Waals surface area contributed by atoms with Crippen LogP contribution < -0.4 is 14.8 Å². The van der Waals surface area contributed by atoms with Gasteiger partial charge in [0.25, 0.3) is 0 Å². The summed E-state index contributed by atoms with van der Waals surface area (Å²) in [6.45, 7) is 0. The fourth-order valence-corrected chi connectivity index (χ4v) is 3.23. The average Bonchev–Trinajstić information content (AvgIpc) is 2.74. The molecule has 0 radical (unpaired) electrons. The molecule has 0 fully saturated rings. The molecule has 0 aromatic heterocycles. The molecule has 3 aromatic carbocycles. The van der Waals surface area contributed by atoms with Gasteiger partial charge in [0.05, 0.1) is 4.90 Å². The van der Waals surface area contributed by atoms with E-state index in [4.69, 9.17) is 4.74 Å². The number of rotatable bonds is 7. The Morgan fingerprint density at radius 1 is 0.897 bits per heavy atom. The van der Waals surface area contributed by atoms with Crippen molar-refractivity contribution in [3.8, 4) is 11.5 Å². The molecule has 0 bridgehead atoms. The van der Waals surface area contributed by atoms with Crippen LogP contribution in [0.15, 0.2) is 89.8 Å². The van der Waals surface area contributed by atoms with E-state index in [1.165, 1.54) is 37.4 Å². The zero-order valence-electron chi connectivity index (χ0n) is 15.7. The van der Waals surface area contributed by atoms with Crippen molar-refractivity contribution < 1.29 is 17.9 Å². The van der Waals surface area contributed by atoms with Gasteiger partial charge in [-0.2, -0.15) is 0 Å². The lowest BCUT2D eigenvalue weighted by Gasteiger charge is -2.06. The van der Waals surface area contributed by atoms with Crippen molar-refractivity contribution in [3.05, 3.63) is 90.5 Å². The quantitative estimate of drug-likeness (QED) is 0.578. The minimum atomic E-state index is -3.51. The topological polar surface area (TPSA) is 84.5 Å². The minimum Gasteiger partial charge on any atom is -0.457 e. The molecule has 3 rings (SSSR count). The Hall–Kier alpha value is -3.42. The Kier molecular flexibility index (Phi) is 6.43. The molecule has 0 aliphatic carbocycles. The van der Waals surface area contributed by atoms with E-state index in [9.17, 15) is 13.2 Å². The molecule has 1 amide bonds. The molecule has 3 aromatic rings. The number of hydrogen-bond donors (Lipinski definition) is 2. The summed E-state index contributed by atoms with van der Waals surface area (Å²) in [4.78, 5) is 12.3. The second kappa shape index (κ2) is 9.18. The molecule has 2 N–H and O–H groups in total. The van der Waals surface area contributed by atoms with Crippen LogP contribution in [0.5, 0.6) is 11.5 Å². The molecular weight excluding hydrogens is 388 g/mol. The highest BCUT2D eigenvalue weighted by Gasteiger charge is 2.10. The third-order valence-corrected chi connectivity index (χ3v) is 5.40. The van der Waals surface area contributed by atoms with Crippen LogP contribution in [0, 0.1) is 0 Å². The maximum atomic E-state index is 12.1. The normalized spacial score (nSPS) is 11.3. The summed E-state index contributed by atoms with van der Waals surface area (Å²) >= 11 is 0. The lowest BCUT2D eigenvalue weighted by Crippen LogP contribution is -2.18. The summed E-state index contributed by atoms with van der Waals surface area (Å²) in [6, 6.07) is 22.7. The van der Waals surface area contributed by atoms with Gasteiger partial charge in [-0.3, -0.25) is 4.79 Å². The second-order valence-electron chi connectivity index (χ2n) is 6.04. The van der Waals surface area contributed by atoms with Crippen LogP contribution in [0.25, 0.3) is 6.08 Å². The SMILES string of the molecule is CNS(=O)(=O)c1ccc(NC(=O)/C=C/c2cccc(Oc3ccccc3)c2)cc1. The summed E-state index contributed by atoms with van der Waals surface area (Å²) in [5.74, 6) is 1.07. The highest BCUT2D eigenvalue weighted by molar-refractivity contribution is 7.89. The van der Waals surface area contributed by atoms with Gasteiger partial charge in [-0.05, 0) is 67.2 Å². The van der Waals surface area contributed by atoms with E-state index in [1.807, 2.05) is 54.6 Å². The summed E-state index contributed by atoms with van der Waals surface area (Å²) in [5.41, 5.74) is 1.31. The van der Waals surface area contributed by atoms with Crippen LogP contribution in [-0.2, 0) is 14.8 Å². The number of hydrogen-bond acceptors (Lipinski definition) is 4. The van der Waals surface area contributed by atoms with Gasteiger partial charge in [0.1, 0.15) is 11.5 Å². The van der Waals surface area contributed by atoms with E-state index in [0.29, 0.717) is 11.4 Å². The maximum Gasteiger partial charge on any atom is 0.248 e. The molecule has 0 unspecified atom stereocenters. The predicted octanol–water partition coefficient (Wildman–Crippen LogP) is 4.04. The predicted molar refractivity (Wildman–Crippen MR) is 113 cm³/mol. The number of sulfonamides is 1. The number of carbonyl (C=O) groups excluding carboxylic acids is 1. The van der Waals surface area contributed by atoms with E-state index in [-0.39, 0.29) is 10.8 Å². The van der Waals surface area contributed by atoms with Crippen molar-refractivity contribution in [1.82, 2.24) is 4.72 Å². The monoisotopic (exact) mass is 408 g/mol. The molecule has 148 valence electrons. The molecule has 6 nitrogen and oxygen atoms in total. The van der Waals surface area contributed by atoms with Gasteiger partial charge >= 0.3 is 0 Å². The third kappa shape index (κ3) is 5.78.